The number of primary amides is 1. The highest BCUT2D eigenvalue weighted by atomic mass is 16.5. The van der Waals surface area contributed by atoms with Crippen LogP contribution in [-0.4, -0.2) is 66.6 Å². The summed E-state index contributed by atoms with van der Waals surface area (Å²) in [5.74, 6) is -0.319. The van der Waals surface area contributed by atoms with Crippen LogP contribution < -0.4 is 5.73 Å². The molecule has 1 fully saturated rings. The van der Waals surface area contributed by atoms with E-state index in [1.807, 2.05) is 24.0 Å². The molecule has 1 atom stereocenters. The average molecular weight is 292 g/mol. The van der Waals surface area contributed by atoms with Crippen LogP contribution in [0.5, 0.6) is 0 Å². The number of likely N-dealkylation sites (N-methyl/N-ethyl adjacent to an activating group) is 1. The predicted octanol–water partition coefficient (Wildman–Crippen LogP) is 0.00792. The third kappa shape index (κ3) is 5.08. The highest BCUT2D eigenvalue weighted by molar-refractivity contribution is 5.75. The number of morpholine rings is 1. The quantitative estimate of drug-likeness (QED) is 0.799. The highest BCUT2D eigenvalue weighted by Gasteiger charge is 2.22. The van der Waals surface area contributed by atoms with Gasteiger partial charge in [0.1, 0.15) is 0 Å². The van der Waals surface area contributed by atoms with Crippen LogP contribution in [0.2, 0.25) is 0 Å². The van der Waals surface area contributed by atoms with Gasteiger partial charge in [-0.25, -0.2) is 0 Å². The first kappa shape index (κ1) is 15.9. The first-order valence-corrected chi connectivity index (χ1v) is 7.26. The second kappa shape index (κ2) is 7.49. The Morgan fingerprint density at radius 2 is 2.43 bits per heavy atom. The minimum Gasteiger partial charge on any atom is -0.374 e. The molecule has 1 aromatic heterocycles. The Kier molecular flexibility index (Phi) is 5.67. The van der Waals surface area contributed by atoms with Crippen molar-refractivity contribution in [3.05, 3.63) is 29.6 Å². The van der Waals surface area contributed by atoms with Crippen LogP contribution in [0.15, 0.2) is 18.3 Å². The molecule has 1 aliphatic rings. The van der Waals surface area contributed by atoms with Crippen LogP contribution in [0, 0.1) is 6.92 Å². The van der Waals surface area contributed by atoms with Crippen LogP contribution in [0.1, 0.15) is 11.3 Å². The monoisotopic (exact) mass is 292 g/mol. The molecule has 0 saturated carbocycles. The van der Waals surface area contributed by atoms with Crippen LogP contribution in [0.4, 0.5) is 0 Å². The molecule has 0 bridgehead atoms. The molecule has 0 aromatic carbocycles. The largest absolute Gasteiger partial charge is 0.374 e. The van der Waals surface area contributed by atoms with Gasteiger partial charge in [0.05, 0.1) is 19.3 Å². The van der Waals surface area contributed by atoms with Gasteiger partial charge in [0, 0.05) is 38.1 Å². The zero-order valence-electron chi connectivity index (χ0n) is 12.8. The maximum absolute atomic E-state index is 11.3. The van der Waals surface area contributed by atoms with E-state index in [1.54, 1.807) is 6.20 Å². The van der Waals surface area contributed by atoms with Crippen LogP contribution in [0.3, 0.4) is 0 Å². The number of amides is 1. The number of nitrogens with two attached hydrogens (primary N) is 1. The number of nitrogens with zero attached hydrogens (tertiary/aromatic N) is 3. The number of hydrogen-bond donors (Lipinski definition) is 1. The van der Waals surface area contributed by atoms with Crippen molar-refractivity contribution in [2.45, 2.75) is 19.6 Å². The molecular formula is C15H24N4O2. The van der Waals surface area contributed by atoms with Gasteiger partial charge in [-0.05, 0) is 25.6 Å². The SMILES string of the molecule is Cc1ncccc1CN(CC(N)=O)C[C@H]1CN(C)CCO1. The van der Waals surface area contributed by atoms with E-state index in [-0.39, 0.29) is 18.6 Å². The standard InChI is InChI=1S/C15H24N4O2/c1-12-13(4-3-5-17-12)8-19(11-15(16)20)10-14-9-18(2)6-7-21-14/h3-5,14H,6-11H2,1-2H3,(H2,16,20)/t14-/m1/s1. The van der Waals surface area contributed by atoms with Crippen molar-refractivity contribution in [2.24, 2.45) is 5.73 Å². The first-order chi connectivity index (χ1) is 10.0. The van der Waals surface area contributed by atoms with E-state index < -0.39 is 0 Å². The molecule has 0 unspecified atom stereocenters. The lowest BCUT2D eigenvalue weighted by Gasteiger charge is -2.33. The molecule has 6 heteroatoms. The minimum absolute atomic E-state index is 0.111. The van der Waals surface area contributed by atoms with Crippen LogP contribution in [-0.2, 0) is 16.1 Å². The van der Waals surface area contributed by atoms with E-state index in [4.69, 9.17) is 10.5 Å². The summed E-state index contributed by atoms with van der Waals surface area (Å²) in [7, 11) is 2.08. The van der Waals surface area contributed by atoms with Gasteiger partial charge < -0.3 is 15.4 Å². The molecule has 1 aromatic rings. The third-order valence-electron chi connectivity index (χ3n) is 3.69. The molecule has 0 spiro atoms. The fourth-order valence-electron chi connectivity index (χ4n) is 2.60. The number of aryl methyl sites for hydroxylation is 1. The number of carbonyl (C=O) groups is 1. The smallest absolute Gasteiger partial charge is 0.231 e. The van der Waals surface area contributed by atoms with E-state index in [9.17, 15) is 4.79 Å². The van der Waals surface area contributed by atoms with Crippen molar-refractivity contribution in [3.63, 3.8) is 0 Å². The number of carbonyl (C=O) groups excluding carboxylic acids is 1. The second-order valence-corrected chi connectivity index (χ2v) is 5.64. The molecule has 1 saturated heterocycles. The zero-order valence-corrected chi connectivity index (χ0v) is 12.8. The number of ether oxygens (including phenoxy) is 1. The lowest BCUT2D eigenvalue weighted by atomic mass is 10.1. The molecular weight excluding hydrogens is 268 g/mol. The molecule has 1 aliphatic heterocycles. The molecule has 116 valence electrons. The molecule has 0 radical (unpaired) electrons. The third-order valence-corrected chi connectivity index (χ3v) is 3.69. The first-order valence-electron chi connectivity index (χ1n) is 7.26. The summed E-state index contributed by atoms with van der Waals surface area (Å²) in [4.78, 5) is 19.9. The predicted molar refractivity (Wildman–Crippen MR) is 80.7 cm³/mol. The Bertz CT molecular complexity index is 480. The summed E-state index contributed by atoms with van der Waals surface area (Å²) in [5.41, 5.74) is 7.46. The maximum Gasteiger partial charge on any atom is 0.231 e. The van der Waals surface area contributed by atoms with E-state index in [2.05, 4.69) is 16.9 Å². The fourth-order valence-corrected chi connectivity index (χ4v) is 2.60. The van der Waals surface area contributed by atoms with Crippen molar-refractivity contribution in [3.8, 4) is 0 Å². The average Bonchev–Trinajstić information content (AvgIpc) is 2.40. The fraction of sp³-hybridized carbons (Fsp3) is 0.600. The summed E-state index contributed by atoms with van der Waals surface area (Å²) in [6, 6.07) is 3.94. The van der Waals surface area contributed by atoms with Gasteiger partial charge in [-0.1, -0.05) is 6.07 Å². The van der Waals surface area contributed by atoms with Crippen molar-refractivity contribution >= 4 is 5.91 Å². The van der Waals surface area contributed by atoms with Gasteiger partial charge in [-0.15, -0.1) is 0 Å². The van der Waals surface area contributed by atoms with Gasteiger partial charge in [0.25, 0.3) is 0 Å². The molecule has 21 heavy (non-hydrogen) atoms. The van der Waals surface area contributed by atoms with Crippen LogP contribution >= 0.6 is 0 Å². The lowest BCUT2D eigenvalue weighted by molar-refractivity contribution is -0.120. The Morgan fingerprint density at radius 1 is 1.62 bits per heavy atom. The molecule has 0 aliphatic carbocycles. The van der Waals surface area contributed by atoms with Gasteiger partial charge in [-0.3, -0.25) is 14.7 Å². The van der Waals surface area contributed by atoms with Gasteiger partial charge in [-0.2, -0.15) is 0 Å². The Balaban J connectivity index is 2.00. The van der Waals surface area contributed by atoms with Crippen molar-refractivity contribution in [1.29, 1.82) is 0 Å². The molecule has 1 amide bonds. The van der Waals surface area contributed by atoms with Gasteiger partial charge in [0.2, 0.25) is 5.91 Å². The maximum atomic E-state index is 11.3. The van der Waals surface area contributed by atoms with E-state index in [1.165, 1.54) is 0 Å². The number of pyridine rings is 1. The molecule has 2 N–H and O–H groups in total. The minimum atomic E-state index is -0.319. The molecule has 2 rings (SSSR count). The molecule has 2 heterocycles. The molecule has 6 nitrogen and oxygen atoms in total. The Labute approximate surface area is 125 Å². The Morgan fingerprint density at radius 3 is 3.10 bits per heavy atom. The highest BCUT2D eigenvalue weighted by Crippen LogP contribution is 2.11. The van der Waals surface area contributed by atoms with Gasteiger partial charge in [0.15, 0.2) is 0 Å². The van der Waals surface area contributed by atoms with Crippen LogP contribution in [0.25, 0.3) is 0 Å². The number of hydrogen-bond acceptors (Lipinski definition) is 5. The van der Waals surface area contributed by atoms with E-state index >= 15 is 0 Å². The number of aromatic nitrogens is 1. The van der Waals surface area contributed by atoms with E-state index in [0.717, 1.165) is 31.0 Å². The van der Waals surface area contributed by atoms with Gasteiger partial charge >= 0.3 is 0 Å². The van der Waals surface area contributed by atoms with Crippen molar-refractivity contribution in [2.75, 3.05) is 39.8 Å². The lowest BCUT2D eigenvalue weighted by Crippen LogP contribution is -2.47. The topological polar surface area (TPSA) is 71.7 Å². The second-order valence-electron chi connectivity index (χ2n) is 5.64. The number of rotatable bonds is 6. The Hall–Kier alpha value is -1.50. The van der Waals surface area contributed by atoms with E-state index in [0.29, 0.717) is 13.1 Å². The summed E-state index contributed by atoms with van der Waals surface area (Å²) in [5, 5.41) is 0. The van der Waals surface area contributed by atoms with Crippen molar-refractivity contribution in [1.82, 2.24) is 14.8 Å². The summed E-state index contributed by atoms with van der Waals surface area (Å²) in [6.07, 6.45) is 1.89. The summed E-state index contributed by atoms with van der Waals surface area (Å²) < 4.78 is 5.78. The summed E-state index contributed by atoms with van der Waals surface area (Å²) in [6.45, 7) is 6.13. The zero-order chi connectivity index (χ0) is 15.2. The van der Waals surface area contributed by atoms with Crippen molar-refractivity contribution < 1.29 is 9.53 Å². The summed E-state index contributed by atoms with van der Waals surface area (Å²) >= 11 is 0. The normalized spacial score (nSPS) is 19.9.